The number of carbonyl (C=O) groups is 2. The summed E-state index contributed by atoms with van der Waals surface area (Å²) in [6.45, 7) is 0.257. The number of nitrogens with zero attached hydrogens (tertiary/aromatic N) is 1. The van der Waals surface area contributed by atoms with E-state index in [1.807, 2.05) is 23.6 Å². The van der Waals surface area contributed by atoms with Crippen molar-refractivity contribution >= 4 is 35.3 Å². The number of halogens is 4. The molecule has 0 aliphatic carbocycles. The highest BCUT2D eigenvalue weighted by atomic mass is 35.5. The minimum absolute atomic E-state index is 0.169. The highest BCUT2D eigenvalue weighted by molar-refractivity contribution is 6.39. The lowest BCUT2D eigenvalue weighted by molar-refractivity contribution is -0.137. The number of benzene rings is 3. The normalized spacial score (nSPS) is 11.3. The van der Waals surface area contributed by atoms with E-state index in [2.05, 4.69) is 10.4 Å². The molecule has 10 heteroatoms. The van der Waals surface area contributed by atoms with Crippen molar-refractivity contribution in [3.63, 3.8) is 0 Å². The molecule has 6 nitrogen and oxygen atoms in total. The van der Waals surface area contributed by atoms with Crippen LogP contribution in [0.15, 0.2) is 77.9 Å². The molecule has 0 aliphatic heterocycles. The van der Waals surface area contributed by atoms with Crippen molar-refractivity contribution in [1.82, 2.24) is 5.43 Å². The fourth-order valence-corrected chi connectivity index (χ4v) is 2.83. The highest BCUT2D eigenvalue weighted by Gasteiger charge is 2.30. The van der Waals surface area contributed by atoms with Crippen molar-refractivity contribution in [3.05, 3.63) is 94.5 Å². The molecule has 170 valence electrons. The average molecular weight is 476 g/mol. The molecular formula is C23H17ClF3N3O3. The Hall–Kier alpha value is -3.85. The molecule has 0 bridgehead atoms. The van der Waals surface area contributed by atoms with Crippen LogP contribution >= 0.6 is 11.6 Å². The number of hydrogen-bond donors (Lipinski definition) is 2. The number of rotatable bonds is 6. The summed E-state index contributed by atoms with van der Waals surface area (Å²) >= 11 is 6.10. The fourth-order valence-electron chi connectivity index (χ4n) is 2.64. The number of alkyl halides is 3. The monoisotopic (exact) mass is 475 g/mol. The topological polar surface area (TPSA) is 79.8 Å². The van der Waals surface area contributed by atoms with Gasteiger partial charge in [0, 0.05) is 16.3 Å². The second-order valence-electron chi connectivity index (χ2n) is 6.68. The number of nitrogens with one attached hydrogen (secondary N) is 2. The van der Waals surface area contributed by atoms with Gasteiger partial charge >= 0.3 is 18.0 Å². The summed E-state index contributed by atoms with van der Waals surface area (Å²) in [5.41, 5.74) is 2.29. The zero-order chi connectivity index (χ0) is 23.8. The molecule has 0 saturated heterocycles. The van der Waals surface area contributed by atoms with Gasteiger partial charge in [0.25, 0.3) is 0 Å². The summed E-state index contributed by atoms with van der Waals surface area (Å²) in [6.07, 6.45) is -3.28. The average Bonchev–Trinajstić information content (AvgIpc) is 2.78. The molecule has 0 aromatic heterocycles. The number of anilines is 1. The van der Waals surface area contributed by atoms with Crippen LogP contribution in [-0.2, 0) is 22.4 Å². The highest BCUT2D eigenvalue weighted by Crippen LogP contribution is 2.30. The van der Waals surface area contributed by atoms with Gasteiger partial charge in [-0.1, -0.05) is 48.0 Å². The van der Waals surface area contributed by atoms with E-state index in [0.29, 0.717) is 16.3 Å². The SMILES string of the molecule is O=C(N/N=C\c1cccc(OCc2ccccc2Cl)c1)C(=O)Nc1cccc(C(F)(F)F)c1. The standard InChI is InChI=1S/C23H17ClF3N3O3/c24-20-10-2-1-6-16(20)14-33-19-9-3-5-15(11-19)13-28-30-22(32)21(31)29-18-8-4-7-17(12-18)23(25,26)27/h1-13H,14H2,(H,29,31)(H,30,32)/b28-13-. The van der Waals surface area contributed by atoms with Crippen LogP contribution < -0.4 is 15.5 Å². The Morgan fingerprint density at radius 1 is 0.970 bits per heavy atom. The Labute approximate surface area is 192 Å². The Kier molecular flexibility index (Phi) is 7.68. The summed E-state index contributed by atoms with van der Waals surface area (Å²) in [5.74, 6) is -1.77. The van der Waals surface area contributed by atoms with Gasteiger partial charge in [-0.15, -0.1) is 0 Å². The van der Waals surface area contributed by atoms with Crippen molar-refractivity contribution in [1.29, 1.82) is 0 Å². The van der Waals surface area contributed by atoms with E-state index in [9.17, 15) is 22.8 Å². The first-order valence-electron chi connectivity index (χ1n) is 9.50. The number of carbonyl (C=O) groups excluding carboxylic acids is 2. The molecule has 0 saturated carbocycles. The van der Waals surface area contributed by atoms with E-state index in [1.165, 1.54) is 12.3 Å². The summed E-state index contributed by atoms with van der Waals surface area (Å²) in [6, 6.07) is 18.0. The Morgan fingerprint density at radius 2 is 1.73 bits per heavy atom. The lowest BCUT2D eigenvalue weighted by atomic mass is 10.2. The maximum atomic E-state index is 12.7. The van der Waals surface area contributed by atoms with E-state index in [0.717, 1.165) is 23.8 Å². The molecule has 0 atom stereocenters. The summed E-state index contributed by atoms with van der Waals surface area (Å²) in [5, 5.41) is 6.37. The lowest BCUT2D eigenvalue weighted by Gasteiger charge is -2.09. The molecule has 0 heterocycles. The molecule has 0 radical (unpaired) electrons. The second-order valence-corrected chi connectivity index (χ2v) is 7.09. The van der Waals surface area contributed by atoms with Crippen LogP contribution in [0.25, 0.3) is 0 Å². The van der Waals surface area contributed by atoms with Crippen LogP contribution in [0.4, 0.5) is 18.9 Å². The second kappa shape index (κ2) is 10.6. The summed E-state index contributed by atoms with van der Waals surface area (Å²) < 4.78 is 43.9. The molecule has 0 fully saturated rings. The summed E-state index contributed by atoms with van der Waals surface area (Å²) in [4.78, 5) is 23.8. The zero-order valence-electron chi connectivity index (χ0n) is 16.9. The van der Waals surface area contributed by atoms with Crippen molar-refractivity contribution in [2.24, 2.45) is 5.10 Å². The van der Waals surface area contributed by atoms with Crippen LogP contribution in [0, 0.1) is 0 Å². The predicted octanol–water partition coefficient (Wildman–Crippen LogP) is 5.03. The van der Waals surface area contributed by atoms with Crippen LogP contribution in [0.1, 0.15) is 16.7 Å². The number of hydrazone groups is 1. The van der Waals surface area contributed by atoms with E-state index in [4.69, 9.17) is 16.3 Å². The van der Waals surface area contributed by atoms with Gasteiger partial charge in [0.1, 0.15) is 12.4 Å². The minimum Gasteiger partial charge on any atom is -0.489 e. The van der Waals surface area contributed by atoms with Gasteiger partial charge in [0.15, 0.2) is 0 Å². The number of amides is 2. The quantitative estimate of drug-likeness (QED) is 0.298. The third kappa shape index (κ3) is 7.08. The molecule has 3 aromatic carbocycles. The zero-order valence-corrected chi connectivity index (χ0v) is 17.7. The largest absolute Gasteiger partial charge is 0.489 e. The van der Waals surface area contributed by atoms with Crippen LogP contribution in [-0.4, -0.2) is 18.0 Å². The van der Waals surface area contributed by atoms with E-state index in [-0.39, 0.29) is 12.3 Å². The Morgan fingerprint density at radius 3 is 2.48 bits per heavy atom. The molecular weight excluding hydrogens is 459 g/mol. The van der Waals surface area contributed by atoms with Crippen molar-refractivity contribution in [2.75, 3.05) is 5.32 Å². The van der Waals surface area contributed by atoms with Gasteiger partial charge in [-0.25, -0.2) is 5.43 Å². The lowest BCUT2D eigenvalue weighted by Crippen LogP contribution is -2.32. The third-order valence-corrected chi connectivity index (χ3v) is 4.61. The molecule has 3 aromatic rings. The molecule has 0 unspecified atom stereocenters. The Bertz CT molecular complexity index is 1180. The third-order valence-electron chi connectivity index (χ3n) is 4.24. The molecule has 2 N–H and O–H groups in total. The van der Waals surface area contributed by atoms with Gasteiger partial charge < -0.3 is 10.1 Å². The van der Waals surface area contributed by atoms with Gasteiger partial charge in [-0.05, 0) is 42.0 Å². The molecule has 0 aliphatic rings. The van der Waals surface area contributed by atoms with Gasteiger partial charge in [0.2, 0.25) is 0 Å². The van der Waals surface area contributed by atoms with E-state index >= 15 is 0 Å². The van der Waals surface area contributed by atoms with Gasteiger partial charge in [0.05, 0.1) is 11.8 Å². The van der Waals surface area contributed by atoms with E-state index < -0.39 is 23.6 Å². The fraction of sp³-hybridized carbons (Fsp3) is 0.0870. The van der Waals surface area contributed by atoms with Crippen LogP contribution in [0.3, 0.4) is 0 Å². The first-order chi connectivity index (χ1) is 15.7. The smallest absolute Gasteiger partial charge is 0.416 e. The molecule has 33 heavy (non-hydrogen) atoms. The molecule has 0 spiro atoms. The Balaban J connectivity index is 1.54. The van der Waals surface area contributed by atoms with Crippen LogP contribution in [0.2, 0.25) is 5.02 Å². The predicted molar refractivity (Wildman–Crippen MR) is 118 cm³/mol. The first kappa shape index (κ1) is 23.8. The summed E-state index contributed by atoms with van der Waals surface area (Å²) in [7, 11) is 0. The molecule has 3 rings (SSSR count). The number of hydrogen-bond acceptors (Lipinski definition) is 4. The molecule has 2 amide bonds. The first-order valence-corrected chi connectivity index (χ1v) is 9.88. The van der Waals surface area contributed by atoms with Crippen molar-refractivity contribution in [3.8, 4) is 5.75 Å². The van der Waals surface area contributed by atoms with Crippen molar-refractivity contribution < 1.29 is 27.5 Å². The van der Waals surface area contributed by atoms with Crippen molar-refractivity contribution in [2.45, 2.75) is 12.8 Å². The number of ether oxygens (including phenoxy) is 1. The maximum Gasteiger partial charge on any atom is 0.416 e. The van der Waals surface area contributed by atoms with Gasteiger partial charge in [-0.2, -0.15) is 18.3 Å². The van der Waals surface area contributed by atoms with Gasteiger partial charge in [-0.3, -0.25) is 9.59 Å². The minimum atomic E-state index is -4.57. The maximum absolute atomic E-state index is 12.7. The van der Waals surface area contributed by atoms with Crippen LogP contribution in [0.5, 0.6) is 5.75 Å². The van der Waals surface area contributed by atoms with E-state index in [1.54, 1.807) is 30.3 Å².